The van der Waals surface area contributed by atoms with Crippen molar-refractivity contribution in [2.24, 2.45) is 11.7 Å². The summed E-state index contributed by atoms with van der Waals surface area (Å²) in [4.78, 5) is 2.37. The molecule has 1 aromatic rings. The van der Waals surface area contributed by atoms with Crippen LogP contribution in [0.2, 0.25) is 5.02 Å². The Labute approximate surface area is 127 Å². The summed E-state index contributed by atoms with van der Waals surface area (Å²) in [6.07, 6.45) is 1.08. The number of nitrogens with two attached hydrogens (primary N) is 1. The van der Waals surface area contributed by atoms with E-state index in [1.54, 1.807) is 0 Å². The fourth-order valence-corrected chi connectivity index (χ4v) is 3.25. The van der Waals surface area contributed by atoms with E-state index < -0.39 is 0 Å². The summed E-state index contributed by atoms with van der Waals surface area (Å²) in [5.74, 6) is 0.485. The molecular weight excluding hydrogens is 272 g/mol. The van der Waals surface area contributed by atoms with Crippen LogP contribution in [0.25, 0.3) is 0 Å². The van der Waals surface area contributed by atoms with Crippen molar-refractivity contribution >= 4 is 11.6 Å². The fourth-order valence-electron chi connectivity index (χ4n) is 3.06. The van der Waals surface area contributed by atoms with Gasteiger partial charge in [-0.25, -0.2) is 0 Å². The van der Waals surface area contributed by atoms with Crippen molar-refractivity contribution in [3.63, 3.8) is 0 Å². The van der Waals surface area contributed by atoms with Gasteiger partial charge in [0, 0.05) is 35.7 Å². The maximum atomic E-state index is 6.11. The molecule has 0 aromatic heterocycles. The van der Waals surface area contributed by atoms with Crippen LogP contribution in [0, 0.1) is 5.92 Å². The van der Waals surface area contributed by atoms with Crippen molar-refractivity contribution in [1.29, 1.82) is 0 Å². The lowest BCUT2D eigenvalue weighted by atomic mass is 9.82. The minimum Gasteiger partial charge on any atom is -0.381 e. The summed E-state index contributed by atoms with van der Waals surface area (Å²) in [7, 11) is 2.15. The number of ether oxygens (including phenoxy) is 1. The van der Waals surface area contributed by atoms with E-state index in [1.807, 2.05) is 18.2 Å². The van der Waals surface area contributed by atoms with Crippen LogP contribution in [-0.4, -0.2) is 37.2 Å². The van der Waals surface area contributed by atoms with Gasteiger partial charge in [0.25, 0.3) is 0 Å². The molecule has 1 aliphatic heterocycles. The summed E-state index contributed by atoms with van der Waals surface area (Å²) in [5.41, 5.74) is 7.27. The quantitative estimate of drug-likeness (QED) is 0.907. The first kappa shape index (κ1) is 15.8. The van der Waals surface area contributed by atoms with Crippen LogP contribution in [0.5, 0.6) is 0 Å². The molecule has 0 radical (unpaired) electrons. The predicted octanol–water partition coefficient (Wildman–Crippen LogP) is 3.09. The predicted molar refractivity (Wildman–Crippen MR) is 84.0 cm³/mol. The zero-order valence-electron chi connectivity index (χ0n) is 12.6. The Morgan fingerprint density at radius 1 is 1.55 bits per heavy atom. The molecule has 1 heterocycles. The molecule has 0 spiro atoms. The van der Waals surface area contributed by atoms with E-state index in [2.05, 4.69) is 31.9 Å². The monoisotopic (exact) mass is 296 g/mol. The largest absolute Gasteiger partial charge is 0.381 e. The van der Waals surface area contributed by atoms with E-state index in [-0.39, 0.29) is 11.6 Å². The minimum atomic E-state index is -0.0573. The van der Waals surface area contributed by atoms with E-state index in [0.29, 0.717) is 12.5 Å². The molecule has 0 bridgehead atoms. The fraction of sp³-hybridized carbons (Fsp3) is 0.625. The topological polar surface area (TPSA) is 38.5 Å². The lowest BCUT2D eigenvalue weighted by Gasteiger charge is -2.45. The van der Waals surface area contributed by atoms with Crippen molar-refractivity contribution in [3.05, 3.63) is 34.9 Å². The number of halogens is 1. The van der Waals surface area contributed by atoms with Crippen LogP contribution in [0.1, 0.15) is 31.9 Å². The molecule has 2 rings (SSSR count). The average molecular weight is 297 g/mol. The first-order chi connectivity index (χ1) is 9.49. The van der Waals surface area contributed by atoms with E-state index in [0.717, 1.165) is 24.7 Å². The Balaban J connectivity index is 2.21. The van der Waals surface area contributed by atoms with Gasteiger partial charge in [-0.1, -0.05) is 23.7 Å². The van der Waals surface area contributed by atoms with Crippen molar-refractivity contribution in [2.45, 2.75) is 31.8 Å². The number of benzene rings is 1. The SMILES string of the molecule is CC(c1cccc(Cl)c1)N(C)C(C)(CN)C1CCOC1. The second-order valence-corrected chi connectivity index (χ2v) is 6.40. The van der Waals surface area contributed by atoms with Gasteiger partial charge in [-0.15, -0.1) is 0 Å². The Morgan fingerprint density at radius 2 is 2.30 bits per heavy atom. The summed E-state index contributed by atoms with van der Waals surface area (Å²) < 4.78 is 5.56. The number of hydrogen-bond donors (Lipinski definition) is 1. The Hall–Kier alpha value is -0.610. The average Bonchev–Trinajstić information content (AvgIpc) is 2.99. The Kier molecular flexibility index (Phi) is 5.08. The number of rotatable bonds is 5. The molecule has 112 valence electrons. The Morgan fingerprint density at radius 3 is 2.85 bits per heavy atom. The molecule has 20 heavy (non-hydrogen) atoms. The van der Waals surface area contributed by atoms with Crippen LogP contribution >= 0.6 is 11.6 Å². The molecule has 0 aliphatic carbocycles. The molecule has 1 aliphatic rings. The van der Waals surface area contributed by atoms with Gasteiger partial charge in [0.2, 0.25) is 0 Å². The third kappa shape index (κ3) is 3.01. The smallest absolute Gasteiger partial charge is 0.0513 e. The minimum absolute atomic E-state index is 0.0573. The number of hydrogen-bond acceptors (Lipinski definition) is 3. The molecule has 2 N–H and O–H groups in total. The second-order valence-electron chi connectivity index (χ2n) is 5.96. The molecule has 4 heteroatoms. The molecular formula is C16H25ClN2O. The third-order valence-electron chi connectivity index (χ3n) is 4.94. The molecule has 1 fully saturated rings. The first-order valence-electron chi connectivity index (χ1n) is 7.25. The van der Waals surface area contributed by atoms with Crippen LogP contribution in [0.15, 0.2) is 24.3 Å². The van der Waals surface area contributed by atoms with Crippen LogP contribution in [0.3, 0.4) is 0 Å². The highest BCUT2D eigenvalue weighted by molar-refractivity contribution is 6.30. The highest BCUT2D eigenvalue weighted by atomic mass is 35.5. The zero-order valence-corrected chi connectivity index (χ0v) is 13.4. The van der Waals surface area contributed by atoms with Gasteiger partial charge in [0.05, 0.1) is 6.61 Å². The molecule has 1 aromatic carbocycles. The van der Waals surface area contributed by atoms with Gasteiger partial charge >= 0.3 is 0 Å². The van der Waals surface area contributed by atoms with Crippen molar-refractivity contribution in [1.82, 2.24) is 4.90 Å². The molecule has 3 unspecified atom stereocenters. The summed E-state index contributed by atoms with van der Waals surface area (Å²) >= 11 is 6.11. The standard InChI is InChI=1S/C16H25ClN2O/c1-12(13-5-4-6-15(17)9-13)19(3)16(2,11-18)14-7-8-20-10-14/h4-6,9,12,14H,7-8,10-11,18H2,1-3H3. The second kappa shape index (κ2) is 6.44. The van der Waals surface area contributed by atoms with Crippen molar-refractivity contribution in [3.8, 4) is 0 Å². The lowest BCUT2D eigenvalue weighted by molar-refractivity contribution is 0.0381. The van der Waals surface area contributed by atoms with Crippen molar-refractivity contribution in [2.75, 3.05) is 26.8 Å². The van der Waals surface area contributed by atoms with Gasteiger partial charge in [0.1, 0.15) is 0 Å². The van der Waals surface area contributed by atoms with Gasteiger partial charge in [0.15, 0.2) is 0 Å². The Bertz CT molecular complexity index is 448. The van der Waals surface area contributed by atoms with E-state index in [9.17, 15) is 0 Å². The normalized spacial score (nSPS) is 23.8. The van der Waals surface area contributed by atoms with Gasteiger partial charge in [-0.3, -0.25) is 4.90 Å². The van der Waals surface area contributed by atoms with E-state index >= 15 is 0 Å². The van der Waals surface area contributed by atoms with E-state index in [1.165, 1.54) is 5.56 Å². The van der Waals surface area contributed by atoms with E-state index in [4.69, 9.17) is 22.1 Å². The molecule has 3 atom stereocenters. The maximum Gasteiger partial charge on any atom is 0.0513 e. The summed E-state index contributed by atoms with van der Waals surface area (Å²) in [6.45, 7) is 6.73. The molecule has 1 saturated heterocycles. The van der Waals surface area contributed by atoms with Gasteiger partial charge in [-0.05, 0) is 45.0 Å². The molecule has 0 saturated carbocycles. The van der Waals surface area contributed by atoms with Crippen LogP contribution in [0.4, 0.5) is 0 Å². The highest BCUT2D eigenvalue weighted by Gasteiger charge is 2.40. The lowest BCUT2D eigenvalue weighted by Crippen LogP contribution is -2.55. The van der Waals surface area contributed by atoms with Crippen LogP contribution < -0.4 is 5.73 Å². The third-order valence-corrected chi connectivity index (χ3v) is 5.18. The van der Waals surface area contributed by atoms with Gasteiger partial charge < -0.3 is 10.5 Å². The molecule has 3 nitrogen and oxygen atoms in total. The zero-order chi connectivity index (χ0) is 14.8. The molecule has 0 amide bonds. The van der Waals surface area contributed by atoms with Crippen molar-refractivity contribution < 1.29 is 4.74 Å². The van der Waals surface area contributed by atoms with Gasteiger partial charge in [-0.2, -0.15) is 0 Å². The maximum absolute atomic E-state index is 6.11. The highest BCUT2D eigenvalue weighted by Crippen LogP contribution is 2.35. The first-order valence-corrected chi connectivity index (χ1v) is 7.63. The number of nitrogens with zero attached hydrogens (tertiary/aromatic N) is 1. The summed E-state index contributed by atoms with van der Waals surface area (Å²) in [6, 6.07) is 8.33. The summed E-state index contributed by atoms with van der Waals surface area (Å²) in [5, 5.41) is 0.779. The number of likely N-dealkylation sites (N-methyl/N-ethyl adjacent to an activating group) is 1. The van der Waals surface area contributed by atoms with Crippen LogP contribution in [-0.2, 0) is 4.74 Å².